The summed E-state index contributed by atoms with van der Waals surface area (Å²) in [4.78, 5) is 16.9. The number of aromatic hydroxyl groups is 1. The van der Waals surface area contributed by atoms with Crippen molar-refractivity contribution in [1.29, 1.82) is 0 Å². The largest absolute Gasteiger partial charge is 0.508 e. The van der Waals surface area contributed by atoms with Crippen LogP contribution in [0.25, 0.3) is 0 Å². The average molecular weight is 446 g/mol. The summed E-state index contributed by atoms with van der Waals surface area (Å²) >= 11 is 0. The topological polar surface area (TPSA) is 104 Å². The van der Waals surface area contributed by atoms with Gasteiger partial charge in [-0.25, -0.2) is 4.68 Å². The quantitative estimate of drug-likeness (QED) is 0.697. The van der Waals surface area contributed by atoms with E-state index in [1.165, 1.54) is 0 Å². The number of aliphatic hydroxyl groups is 1. The molecule has 9 nitrogen and oxygen atoms in total. The number of likely N-dealkylation sites (N-methyl/N-ethyl adjacent to an activating group) is 1. The molecule has 3 rings (SSSR count). The van der Waals surface area contributed by atoms with Gasteiger partial charge in [0.05, 0.1) is 37.3 Å². The highest BCUT2D eigenvalue weighted by atomic mass is 16.5. The van der Waals surface area contributed by atoms with E-state index < -0.39 is 0 Å². The zero-order chi connectivity index (χ0) is 23.1. The van der Waals surface area contributed by atoms with E-state index in [0.717, 1.165) is 11.3 Å². The van der Waals surface area contributed by atoms with E-state index in [9.17, 15) is 15.0 Å². The number of aryl methyl sites for hydroxylation is 1. The molecule has 1 amide bonds. The number of ether oxygens (including phenoxy) is 1. The smallest absolute Gasteiger partial charge is 0.222 e. The van der Waals surface area contributed by atoms with Crippen LogP contribution in [0.15, 0.2) is 30.5 Å². The van der Waals surface area contributed by atoms with E-state index in [4.69, 9.17) is 4.74 Å². The third-order valence-corrected chi connectivity index (χ3v) is 6.02. The molecule has 9 heteroatoms. The second kappa shape index (κ2) is 11.4. The van der Waals surface area contributed by atoms with Crippen molar-refractivity contribution in [1.82, 2.24) is 24.8 Å². The number of phenolic OH excluding ortho intramolecular Hbond substituents is 1. The van der Waals surface area contributed by atoms with E-state index in [1.807, 2.05) is 26.1 Å². The lowest BCUT2D eigenvalue weighted by Crippen LogP contribution is -2.47. The van der Waals surface area contributed by atoms with Gasteiger partial charge in [0.15, 0.2) is 0 Å². The number of aromatic nitrogens is 3. The highest BCUT2D eigenvalue weighted by molar-refractivity contribution is 5.76. The predicted octanol–water partition coefficient (Wildman–Crippen LogP) is 1.64. The van der Waals surface area contributed by atoms with Crippen molar-refractivity contribution < 1.29 is 19.7 Å². The Kier molecular flexibility index (Phi) is 8.60. The predicted molar refractivity (Wildman–Crippen MR) is 120 cm³/mol. The molecule has 2 heterocycles. The molecule has 2 aromatic rings. The van der Waals surface area contributed by atoms with Crippen LogP contribution in [0.2, 0.25) is 0 Å². The number of aliphatic hydroxyl groups excluding tert-OH is 1. The Hall–Kier alpha value is -2.49. The lowest BCUT2D eigenvalue weighted by molar-refractivity contribution is -0.136. The van der Waals surface area contributed by atoms with E-state index in [0.29, 0.717) is 45.6 Å². The first-order valence-corrected chi connectivity index (χ1v) is 11.2. The summed E-state index contributed by atoms with van der Waals surface area (Å²) in [6.07, 6.45) is 2.65. The molecule has 0 aliphatic carbocycles. The van der Waals surface area contributed by atoms with Crippen molar-refractivity contribution in [3.63, 3.8) is 0 Å². The zero-order valence-electron chi connectivity index (χ0n) is 19.2. The fourth-order valence-electron chi connectivity index (χ4n) is 4.03. The molecular formula is C23H35N5O4. The van der Waals surface area contributed by atoms with Gasteiger partial charge in [0.25, 0.3) is 0 Å². The van der Waals surface area contributed by atoms with Crippen LogP contribution in [-0.2, 0) is 29.2 Å². The maximum absolute atomic E-state index is 12.9. The number of amides is 1. The number of nitrogens with zero attached hydrogens (tertiary/aromatic N) is 5. The first kappa shape index (κ1) is 24.2. The monoisotopic (exact) mass is 445 g/mol. The molecule has 0 saturated heterocycles. The minimum absolute atomic E-state index is 0.0387. The summed E-state index contributed by atoms with van der Waals surface area (Å²) in [5, 5.41) is 27.4. The van der Waals surface area contributed by atoms with Crippen LogP contribution < -0.4 is 0 Å². The normalized spacial score (nSPS) is 21.7. The van der Waals surface area contributed by atoms with Gasteiger partial charge in [0, 0.05) is 38.5 Å². The van der Waals surface area contributed by atoms with Crippen LogP contribution in [0.1, 0.15) is 37.9 Å². The number of fused-ring (bicyclic) bond motifs is 1. The molecule has 1 aromatic heterocycles. The Bertz CT molecular complexity index is 856. The molecule has 0 spiro atoms. The number of phenols is 1. The third kappa shape index (κ3) is 6.51. The van der Waals surface area contributed by atoms with Gasteiger partial charge in [0.1, 0.15) is 5.75 Å². The molecule has 0 unspecified atom stereocenters. The van der Waals surface area contributed by atoms with Crippen molar-refractivity contribution in [2.75, 3.05) is 26.7 Å². The highest BCUT2D eigenvalue weighted by Gasteiger charge is 2.28. The van der Waals surface area contributed by atoms with Crippen molar-refractivity contribution in [3.05, 3.63) is 41.7 Å². The van der Waals surface area contributed by atoms with Crippen LogP contribution in [0.5, 0.6) is 5.75 Å². The number of carbonyl (C=O) groups is 1. The minimum atomic E-state index is -0.245. The van der Waals surface area contributed by atoms with E-state index in [-0.39, 0.29) is 36.3 Å². The second-order valence-electron chi connectivity index (χ2n) is 8.82. The average Bonchev–Trinajstić information content (AvgIpc) is 3.22. The third-order valence-electron chi connectivity index (χ3n) is 6.02. The van der Waals surface area contributed by atoms with Crippen molar-refractivity contribution in [3.8, 4) is 5.75 Å². The van der Waals surface area contributed by atoms with E-state index in [1.54, 1.807) is 27.9 Å². The first-order chi connectivity index (χ1) is 15.4. The number of carbonyl (C=O) groups excluding carboxylic acids is 1. The molecule has 1 aliphatic rings. The lowest BCUT2D eigenvalue weighted by atomic mass is 10.0. The Balaban J connectivity index is 1.76. The van der Waals surface area contributed by atoms with Crippen LogP contribution in [0, 0.1) is 5.92 Å². The number of rotatable bonds is 6. The Morgan fingerprint density at radius 2 is 2.06 bits per heavy atom. The van der Waals surface area contributed by atoms with Crippen LogP contribution in [0.4, 0.5) is 0 Å². The maximum Gasteiger partial charge on any atom is 0.222 e. The van der Waals surface area contributed by atoms with Gasteiger partial charge in [0.2, 0.25) is 5.91 Å². The summed E-state index contributed by atoms with van der Waals surface area (Å²) in [6.45, 7) is 6.80. The fourth-order valence-corrected chi connectivity index (χ4v) is 4.03. The number of benzene rings is 1. The molecule has 3 atom stereocenters. The van der Waals surface area contributed by atoms with E-state index >= 15 is 0 Å². The van der Waals surface area contributed by atoms with Crippen molar-refractivity contribution in [2.45, 2.75) is 58.5 Å². The Labute approximate surface area is 189 Å². The first-order valence-electron chi connectivity index (χ1n) is 11.2. The van der Waals surface area contributed by atoms with Gasteiger partial charge < -0.3 is 19.8 Å². The molecule has 0 saturated carbocycles. The standard InChI is InChI=1S/C23H35N5O4/c1-17-12-27(18(2)15-29)23(31)5-4-10-28-20(11-24-25-28)16-32-22(17)14-26(3)13-19-6-8-21(30)9-7-19/h6-9,11,17-18,22,29-30H,4-5,10,12-16H2,1-3H3/t17-,18+,22-/m1/s1. The molecule has 1 aromatic carbocycles. The van der Waals surface area contributed by atoms with Crippen molar-refractivity contribution in [2.24, 2.45) is 5.92 Å². The van der Waals surface area contributed by atoms with Gasteiger partial charge in [-0.1, -0.05) is 24.3 Å². The molecule has 0 radical (unpaired) electrons. The van der Waals surface area contributed by atoms with Crippen LogP contribution in [-0.4, -0.2) is 79.8 Å². The summed E-state index contributed by atoms with van der Waals surface area (Å²) in [6, 6.07) is 6.94. The van der Waals surface area contributed by atoms with E-state index in [2.05, 4.69) is 22.1 Å². The zero-order valence-corrected chi connectivity index (χ0v) is 19.2. The summed E-state index contributed by atoms with van der Waals surface area (Å²) in [7, 11) is 2.03. The van der Waals surface area contributed by atoms with Gasteiger partial charge in [-0.3, -0.25) is 9.69 Å². The lowest BCUT2D eigenvalue weighted by Gasteiger charge is -2.35. The SMILES string of the molecule is C[C@@H]1CN([C@@H](C)CO)C(=O)CCCn2nncc2CO[C@@H]1CN(C)Cc1ccc(O)cc1. The fraction of sp³-hybridized carbons (Fsp3) is 0.609. The molecule has 1 aliphatic heterocycles. The summed E-state index contributed by atoms with van der Waals surface area (Å²) in [5.74, 6) is 0.344. The van der Waals surface area contributed by atoms with Crippen molar-refractivity contribution >= 4 is 5.91 Å². The minimum Gasteiger partial charge on any atom is -0.508 e. The molecule has 176 valence electrons. The molecule has 0 bridgehead atoms. The summed E-state index contributed by atoms with van der Waals surface area (Å²) < 4.78 is 8.16. The Morgan fingerprint density at radius 1 is 1.31 bits per heavy atom. The number of hydrogen-bond acceptors (Lipinski definition) is 7. The van der Waals surface area contributed by atoms with Gasteiger partial charge in [-0.05, 0) is 38.1 Å². The van der Waals surface area contributed by atoms with Gasteiger partial charge in [-0.15, -0.1) is 5.10 Å². The number of hydrogen-bond donors (Lipinski definition) is 2. The van der Waals surface area contributed by atoms with Crippen LogP contribution >= 0.6 is 0 Å². The van der Waals surface area contributed by atoms with Gasteiger partial charge in [-0.2, -0.15) is 0 Å². The second-order valence-corrected chi connectivity index (χ2v) is 8.82. The molecular weight excluding hydrogens is 410 g/mol. The van der Waals surface area contributed by atoms with Gasteiger partial charge >= 0.3 is 0 Å². The molecule has 32 heavy (non-hydrogen) atoms. The van der Waals surface area contributed by atoms with Crippen LogP contribution in [0.3, 0.4) is 0 Å². The summed E-state index contributed by atoms with van der Waals surface area (Å²) in [5.41, 5.74) is 2.00. The molecule has 2 N–H and O–H groups in total. The Morgan fingerprint density at radius 3 is 2.78 bits per heavy atom. The highest BCUT2D eigenvalue weighted by Crippen LogP contribution is 2.19. The maximum atomic E-state index is 12.9. The molecule has 0 fully saturated rings.